The van der Waals surface area contributed by atoms with Crippen molar-refractivity contribution in [3.63, 3.8) is 0 Å². The first-order chi connectivity index (χ1) is 7.38. The van der Waals surface area contributed by atoms with Gasteiger partial charge >= 0.3 is 0 Å². The van der Waals surface area contributed by atoms with Crippen molar-refractivity contribution in [3.8, 4) is 5.75 Å². The number of methoxy groups -OCH3 is 1. The predicted octanol–water partition coefficient (Wildman–Crippen LogP) is 2.93. The van der Waals surface area contributed by atoms with Crippen LogP contribution < -0.4 is 4.74 Å². The molecule has 0 unspecified atom stereocenters. The number of hydrogen-bond acceptors (Lipinski definition) is 1. The van der Waals surface area contributed by atoms with Gasteiger partial charge in [0, 0.05) is 11.8 Å². The second-order valence-electron chi connectivity index (χ2n) is 3.15. The van der Waals surface area contributed by atoms with Crippen LogP contribution >= 0.6 is 0 Å². The molecule has 2 heteroatoms. The molecule has 15 heavy (non-hydrogen) atoms. The average molecular weight is 217 g/mol. The van der Waals surface area contributed by atoms with Crippen LogP contribution in [0.3, 0.4) is 0 Å². The lowest BCUT2D eigenvalue weighted by atomic mass is 10.3. The molecule has 0 heterocycles. The normalized spacial score (nSPS) is 9.93. The number of benzene rings is 2. The first kappa shape index (κ1) is 10.1. The molecule has 0 aliphatic rings. The lowest BCUT2D eigenvalue weighted by Gasteiger charge is -1.97. The monoisotopic (exact) mass is 217 g/mol. The number of hydrogen-bond donors (Lipinski definition) is 0. The lowest BCUT2D eigenvalue weighted by Crippen LogP contribution is -1.86. The summed E-state index contributed by atoms with van der Waals surface area (Å²) in [5.41, 5.74) is 0. The molecule has 2 rings (SSSR count). The molecule has 1 nitrogen and oxygen atoms in total. The molecule has 0 spiro atoms. The lowest BCUT2D eigenvalue weighted by molar-refractivity contribution is 0.414. The number of ether oxygens (including phenoxy) is 1. The van der Waals surface area contributed by atoms with Gasteiger partial charge in [0.05, 0.1) is 7.11 Å². The van der Waals surface area contributed by atoms with Crippen LogP contribution in [0.4, 0.5) is 0 Å². The van der Waals surface area contributed by atoms with Gasteiger partial charge < -0.3 is 4.74 Å². The van der Waals surface area contributed by atoms with E-state index in [1.807, 2.05) is 18.2 Å². The van der Waals surface area contributed by atoms with Crippen LogP contribution in [0.1, 0.15) is 0 Å². The third kappa shape index (κ3) is 2.77. The molecule has 0 atom stereocenters. The molecule has 0 saturated carbocycles. The molecule has 0 bridgehead atoms. The van der Waals surface area contributed by atoms with Gasteiger partial charge in [-0.2, -0.15) is 0 Å². The summed E-state index contributed by atoms with van der Waals surface area (Å²) < 4.78 is 5.12. The smallest absolute Gasteiger partial charge is 0.158 e. The van der Waals surface area contributed by atoms with Gasteiger partial charge in [0.25, 0.3) is 0 Å². The maximum Gasteiger partial charge on any atom is 0.158 e. The highest BCUT2D eigenvalue weighted by Crippen LogP contribution is 2.16. The van der Waals surface area contributed by atoms with E-state index in [-0.39, 0.29) is 0 Å². The van der Waals surface area contributed by atoms with E-state index in [0.29, 0.717) is 0 Å². The largest absolute Gasteiger partial charge is 0.497 e. The quantitative estimate of drug-likeness (QED) is 0.567. The molecule has 0 amide bonds. The molecule has 2 aromatic carbocycles. The fourth-order valence-electron chi connectivity index (χ4n) is 1.31. The highest BCUT2D eigenvalue weighted by Gasteiger charge is 2.05. The Balaban J connectivity index is 2.11. The molecule has 2 aromatic rings. The topological polar surface area (TPSA) is 9.23 Å². The Morgan fingerprint density at radius 3 is 2.00 bits per heavy atom. The molecule has 76 valence electrons. The van der Waals surface area contributed by atoms with Crippen LogP contribution in [0.15, 0.2) is 64.4 Å². The van der Waals surface area contributed by atoms with Crippen molar-refractivity contribution in [2.24, 2.45) is 0 Å². The minimum Gasteiger partial charge on any atom is -0.497 e. The van der Waals surface area contributed by atoms with E-state index in [2.05, 4.69) is 36.4 Å². The molecule has 0 radical (unpaired) electrons. The van der Waals surface area contributed by atoms with Crippen molar-refractivity contribution in [2.45, 2.75) is 9.79 Å². The Hall–Kier alpha value is -1.41. The van der Waals surface area contributed by atoms with E-state index in [9.17, 15) is 0 Å². The van der Waals surface area contributed by atoms with Crippen molar-refractivity contribution in [2.75, 3.05) is 7.11 Å². The van der Waals surface area contributed by atoms with Crippen molar-refractivity contribution < 1.29 is 4.74 Å². The van der Waals surface area contributed by atoms with Crippen molar-refractivity contribution in [3.05, 3.63) is 54.6 Å². The van der Waals surface area contributed by atoms with Crippen molar-refractivity contribution in [1.29, 1.82) is 0 Å². The van der Waals surface area contributed by atoms with Crippen molar-refractivity contribution in [1.82, 2.24) is 0 Å². The second kappa shape index (κ2) is 4.89. The van der Waals surface area contributed by atoms with Gasteiger partial charge in [-0.25, -0.2) is 0 Å². The summed E-state index contributed by atoms with van der Waals surface area (Å²) in [4.78, 5) is 2.59. The van der Waals surface area contributed by atoms with Gasteiger partial charge in [0.2, 0.25) is 0 Å². The van der Waals surface area contributed by atoms with E-state index in [1.165, 1.54) is 21.6 Å². The highest BCUT2D eigenvalue weighted by atomic mass is 32.2. The fraction of sp³-hybridized carbons (Fsp3) is 0.0769. The Morgan fingerprint density at radius 2 is 1.40 bits per heavy atom. The van der Waals surface area contributed by atoms with Gasteiger partial charge in [0.1, 0.15) is 5.75 Å². The molecular weight excluding hydrogens is 204 g/mol. The first-order valence-corrected chi connectivity index (χ1v) is 5.69. The van der Waals surface area contributed by atoms with Crippen molar-refractivity contribution >= 4 is 11.8 Å². The zero-order chi connectivity index (χ0) is 10.5. The highest BCUT2D eigenvalue weighted by molar-refractivity contribution is 7.78. The van der Waals surface area contributed by atoms with Gasteiger partial charge in [-0.1, -0.05) is 18.2 Å². The van der Waals surface area contributed by atoms with E-state index in [0.717, 1.165) is 5.75 Å². The van der Waals surface area contributed by atoms with Crippen LogP contribution in [0.25, 0.3) is 0 Å². The summed E-state index contributed by atoms with van der Waals surface area (Å²) in [5, 5.41) is 0. The third-order valence-corrected chi connectivity index (χ3v) is 3.20. The Bertz CT molecular complexity index is 408. The molecule has 0 fully saturated rings. The van der Waals surface area contributed by atoms with E-state index in [1.54, 1.807) is 7.11 Å². The second-order valence-corrected chi connectivity index (χ2v) is 4.40. The SMILES string of the molecule is COc1ccc([SH+]c2ccccc2)cc1. The summed E-state index contributed by atoms with van der Waals surface area (Å²) in [6.45, 7) is 0. The summed E-state index contributed by atoms with van der Waals surface area (Å²) in [6.07, 6.45) is 0. The third-order valence-electron chi connectivity index (χ3n) is 2.09. The Labute approximate surface area is 94.1 Å². The van der Waals surface area contributed by atoms with Crippen LogP contribution in [-0.4, -0.2) is 7.11 Å². The molecule has 0 N–H and O–H groups in total. The van der Waals surface area contributed by atoms with Crippen LogP contribution in [0, 0.1) is 0 Å². The summed E-state index contributed by atoms with van der Waals surface area (Å²) in [5.74, 6) is 0.905. The van der Waals surface area contributed by atoms with E-state index >= 15 is 0 Å². The molecule has 0 aromatic heterocycles. The minimum absolute atomic E-state index is 0.905. The minimum atomic E-state index is 0.905. The molecule has 0 aliphatic carbocycles. The van der Waals surface area contributed by atoms with Crippen LogP contribution in [-0.2, 0) is 11.8 Å². The standard InChI is InChI=1S/C13H12OS/c1-14-11-7-9-13(10-8-11)15-12-5-3-2-4-6-12/h2-10H,1H3/p+1. The number of rotatable bonds is 3. The number of thiol groups is 1. The van der Waals surface area contributed by atoms with Crippen LogP contribution in [0.5, 0.6) is 5.75 Å². The van der Waals surface area contributed by atoms with Gasteiger partial charge in [-0.3, -0.25) is 0 Å². The summed E-state index contributed by atoms with van der Waals surface area (Å²) in [7, 11) is 1.68. The maximum absolute atomic E-state index is 5.12. The zero-order valence-corrected chi connectivity index (χ0v) is 9.45. The van der Waals surface area contributed by atoms with Gasteiger partial charge in [0.15, 0.2) is 9.79 Å². The van der Waals surface area contributed by atoms with E-state index < -0.39 is 0 Å². The fourth-order valence-corrected chi connectivity index (χ4v) is 2.23. The summed E-state index contributed by atoms with van der Waals surface area (Å²) >= 11 is 1.24. The van der Waals surface area contributed by atoms with Crippen LogP contribution in [0.2, 0.25) is 0 Å². The van der Waals surface area contributed by atoms with Gasteiger partial charge in [-0.15, -0.1) is 0 Å². The molecular formula is C13H13OS+. The average Bonchev–Trinajstić information content (AvgIpc) is 2.31. The first-order valence-electron chi connectivity index (χ1n) is 4.79. The molecule has 0 saturated heterocycles. The predicted molar refractivity (Wildman–Crippen MR) is 64.7 cm³/mol. The molecule has 0 aliphatic heterocycles. The van der Waals surface area contributed by atoms with Gasteiger partial charge in [-0.05, 0) is 36.4 Å². The van der Waals surface area contributed by atoms with E-state index in [4.69, 9.17) is 4.74 Å². The maximum atomic E-state index is 5.12. The Morgan fingerprint density at radius 1 is 0.800 bits per heavy atom. The zero-order valence-electron chi connectivity index (χ0n) is 8.55. The Kier molecular flexibility index (Phi) is 3.30. The summed E-state index contributed by atoms with van der Waals surface area (Å²) in [6, 6.07) is 18.6.